The van der Waals surface area contributed by atoms with Crippen LogP contribution in [0.3, 0.4) is 0 Å². The van der Waals surface area contributed by atoms with Gasteiger partial charge in [0.15, 0.2) is 0 Å². The first-order valence-corrected chi connectivity index (χ1v) is 10.4. The monoisotopic (exact) mass is 387 g/mol. The first-order valence-electron chi connectivity index (χ1n) is 8.84. The summed E-state index contributed by atoms with van der Waals surface area (Å²) < 4.78 is 23.2. The maximum Gasteiger partial charge on any atom is 0.337 e. The van der Waals surface area contributed by atoms with Gasteiger partial charge in [0, 0.05) is 25.3 Å². The van der Waals surface area contributed by atoms with Crippen LogP contribution in [0.15, 0.2) is 47.4 Å². The van der Waals surface area contributed by atoms with E-state index in [-0.39, 0.29) is 16.5 Å². The van der Waals surface area contributed by atoms with E-state index in [0.717, 1.165) is 25.5 Å². The van der Waals surface area contributed by atoms with Crippen LogP contribution < -0.4 is 14.9 Å². The molecule has 0 radical (unpaired) electrons. The number of carbonyl (C=O) groups is 1. The molecule has 2 heterocycles. The predicted octanol–water partition coefficient (Wildman–Crippen LogP) is 1.67. The topological polar surface area (TPSA) is 104 Å². The Morgan fingerprint density at radius 2 is 1.89 bits per heavy atom. The number of para-hydroxylation sites is 1. The van der Waals surface area contributed by atoms with Gasteiger partial charge < -0.3 is 14.9 Å². The second-order valence-corrected chi connectivity index (χ2v) is 8.57. The minimum Gasteiger partial charge on any atom is -0.478 e. The number of rotatable bonds is 3. The summed E-state index contributed by atoms with van der Waals surface area (Å²) >= 11 is 0. The molecule has 1 fully saturated rings. The van der Waals surface area contributed by atoms with Gasteiger partial charge in [0.1, 0.15) is 0 Å². The Morgan fingerprint density at radius 1 is 1.11 bits per heavy atom. The molecule has 27 heavy (non-hydrogen) atoms. The van der Waals surface area contributed by atoms with Crippen molar-refractivity contribution in [2.24, 2.45) is 5.14 Å². The SMILES string of the molecule is NS(=O)(=O)c1ccc(N2CCCN3c4ccccc4CC3C2)c(C(=O)O)c1. The number of aromatic carboxylic acids is 1. The van der Waals surface area contributed by atoms with Crippen molar-refractivity contribution >= 4 is 27.4 Å². The van der Waals surface area contributed by atoms with Gasteiger partial charge in [-0.15, -0.1) is 0 Å². The van der Waals surface area contributed by atoms with E-state index >= 15 is 0 Å². The van der Waals surface area contributed by atoms with Crippen LogP contribution in [0.25, 0.3) is 0 Å². The molecule has 4 rings (SSSR count). The molecule has 2 aromatic carbocycles. The third kappa shape index (κ3) is 3.26. The number of carboxylic acid groups (broad SMARTS) is 1. The van der Waals surface area contributed by atoms with Gasteiger partial charge in [-0.2, -0.15) is 0 Å². The maximum absolute atomic E-state index is 11.8. The van der Waals surface area contributed by atoms with Crippen LogP contribution >= 0.6 is 0 Å². The van der Waals surface area contributed by atoms with Crippen LogP contribution in [-0.2, 0) is 16.4 Å². The Labute approximate surface area is 158 Å². The maximum atomic E-state index is 11.8. The Balaban J connectivity index is 1.68. The summed E-state index contributed by atoms with van der Waals surface area (Å²) in [6.45, 7) is 2.31. The second-order valence-electron chi connectivity index (χ2n) is 7.01. The molecule has 0 aliphatic carbocycles. The van der Waals surface area contributed by atoms with Gasteiger partial charge in [-0.1, -0.05) is 18.2 Å². The molecule has 3 N–H and O–H groups in total. The van der Waals surface area contributed by atoms with Gasteiger partial charge in [0.05, 0.1) is 22.2 Å². The lowest BCUT2D eigenvalue weighted by Crippen LogP contribution is -2.39. The highest BCUT2D eigenvalue weighted by Gasteiger charge is 2.33. The summed E-state index contributed by atoms with van der Waals surface area (Å²) in [5, 5.41) is 14.8. The standard InChI is InChI=1S/C19H21N3O4S/c20-27(25,26)15-6-7-18(16(11-15)19(23)24)21-8-3-9-22-14(12-21)10-13-4-1-2-5-17(13)22/h1-2,4-7,11,14H,3,8-10,12H2,(H,23,24)(H2,20,25,26). The van der Waals surface area contributed by atoms with Gasteiger partial charge >= 0.3 is 5.97 Å². The van der Waals surface area contributed by atoms with Crippen molar-refractivity contribution < 1.29 is 18.3 Å². The van der Waals surface area contributed by atoms with E-state index in [4.69, 9.17) is 5.14 Å². The third-order valence-electron chi connectivity index (χ3n) is 5.32. The summed E-state index contributed by atoms with van der Waals surface area (Å²) in [5.74, 6) is -1.16. The lowest BCUT2D eigenvalue weighted by atomic mass is 10.1. The van der Waals surface area contributed by atoms with Crippen LogP contribution in [0.4, 0.5) is 11.4 Å². The number of sulfonamides is 1. The molecule has 0 aromatic heterocycles. The first-order chi connectivity index (χ1) is 12.8. The number of nitrogens with two attached hydrogens (primary N) is 1. The smallest absolute Gasteiger partial charge is 0.337 e. The minimum absolute atomic E-state index is 0.0366. The third-order valence-corrected chi connectivity index (χ3v) is 6.23. The minimum atomic E-state index is -3.95. The summed E-state index contributed by atoms with van der Waals surface area (Å²) in [7, 11) is -3.95. The molecule has 2 aliphatic heterocycles. The zero-order valence-electron chi connectivity index (χ0n) is 14.7. The van der Waals surface area contributed by atoms with E-state index in [9.17, 15) is 18.3 Å². The van der Waals surface area contributed by atoms with Crippen molar-refractivity contribution in [1.29, 1.82) is 0 Å². The Hall–Kier alpha value is -2.58. The quantitative estimate of drug-likeness (QED) is 0.830. The van der Waals surface area contributed by atoms with Crippen molar-refractivity contribution in [3.05, 3.63) is 53.6 Å². The zero-order chi connectivity index (χ0) is 19.2. The van der Waals surface area contributed by atoms with Gasteiger partial charge in [0.2, 0.25) is 10.0 Å². The van der Waals surface area contributed by atoms with E-state index in [1.807, 2.05) is 17.0 Å². The number of nitrogens with zero attached hydrogens (tertiary/aromatic N) is 2. The molecule has 2 aromatic rings. The van der Waals surface area contributed by atoms with E-state index in [0.29, 0.717) is 18.8 Å². The molecule has 142 valence electrons. The molecule has 7 nitrogen and oxygen atoms in total. The van der Waals surface area contributed by atoms with Gasteiger partial charge in [0.25, 0.3) is 0 Å². The van der Waals surface area contributed by atoms with E-state index in [2.05, 4.69) is 17.0 Å². The van der Waals surface area contributed by atoms with Gasteiger partial charge in [-0.05, 0) is 42.7 Å². The molecule has 1 unspecified atom stereocenters. The molecule has 0 saturated carbocycles. The predicted molar refractivity (Wildman–Crippen MR) is 103 cm³/mol. The molecule has 0 spiro atoms. The first kappa shape index (κ1) is 17.8. The fourth-order valence-electron chi connectivity index (χ4n) is 4.13. The summed E-state index contributed by atoms with van der Waals surface area (Å²) in [6.07, 6.45) is 1.81. The molecular weight excluding hydrogens is 366 g/mol. The number of benzene rings is 2. The van der Waals surface area contributed by atoms with Gasteiger partial charge in [-0.25, -0.2) is 18.4 Å². The molecular formula is C19H21N3O4S. The fraction of sp³-hybridized carbons (Fsp3) is 0.316. The number of anilines is 2. The van der Waals surface area contributed by atoms with Crippen molar-refractivity contribution in [3.8, 4) is 0 Å². The molecule has 0 bridgehead atoms. The summed E-state index contributed by atoms with van der Waals surface area (Å²) in [4.78, 5) is 16.0. The summed E-state index contributed by atoms with van der Waals surface area (Å²) in [5.41, 5.74) is 3.07. The molecule has 0 amide bonds. The van der Waals surface area contributed by atoms with Gasteiger partial charge in [-0.3, -0.25) is 0 Å². The average Bonchev–Trinajstić information content (AvgIpc) is 2.83. The Bertz CT molecular complexity index is 1010. The van der Waals surface area contributed by atoms with E-state index in [1.165, 1.54) is 17.3 Å². The average molecular weight is 387 g/mol. The summed E-state index contributed by atoms with van der Waals surface area (Å²) in [6, 6.07) is 12.7. The van der Waals surface area contributed by atoms with E-state index < -0.39 is 16.0 Å². The lowest BCUT2D eigenvalue weighted by Gasteiger charge is -2.29. The van der Waals surface area contributed by atoms with Crippen molar-refractivity contribution in [1.82, 2.24) is 0 Å². The van der Waals surface area contributed by atoms with Crippen LogP contribution in [0, 0.1) is 0 Å². The highest BCUT2D eigenvalue weighted by molar-refractivity contribution is 7.89. The van der Waals surface area contributed by atoms with Crippen molar-refractivity contribution in [2.75, 3.05) is 29.4 Å². The number of primary sulfonamides is 1. The number of hydrogen-bond acceptors (Lipinski definition) is 5. The van der Waals surface area contributed by atoms with Crippen LogP contribution in [0.2, 0.25) is 0 Å². The number of hydrogen-bond donors (Lipinski definition) is 2. The molecule has 1 saturated heterocycles. The van der Waals surface area contributed by atoms with Crippen LogP contribution in [0.1, 0.15) is 22.3 Å². The van der Waals surface area contributed by atoms with Crippen molar-refractivity contribution in [2.45, 2.75) is 23.8 Å². The Kier molecular flexibility index (Phi) is 4.32. The highest BCUT2D eigenvalue weighted by atomic mass is 32.2. The van der Waals surface area contributed by atoms with E-state index in [1.54, 1.807) is 6.07 Å². The Morgan fingerprint density at radius 3 is 2.63 bits per heavy atom. The lowest BCUT2D eigenvalue weighted by molar-refractivity contribution is 0.0697. The number of fused-ring (bicyclic) bond motifs is 3. The number of carboxylic acids is 1. The van der Waals surface area contributed by atoms with Crippen LogP contribution in [-0.4, -0.2) is 45.2 Å². The molecule has 1 atom stereocenters. The second kappa shape index (κ2) is 6.54. The van der Waals surface area contributed by atoms with Crippen LogP contribution in [0.5, 0.6) is 0 Å². The molecule has 8 heteroatoms. The highest BCUT2D eigenvalue weighted by Crippen LogP contribution is 2.35. The largest absolute Gasteiger partial charge is 0.478 e. The van der Waals surface area contributed by atoms with Crippen molar-refractivity contribution in [3.63, 3.8) is 0 Å². The zero-order valence-corrected chi connectivity index (χ0v) is 15.5. The normalized spacial score (nSPS) is 19.4. The fourth-order valence-corrected chi connectivity index (χ4v) is 4.67. The molecule has 2 aliphatic rings.